The fourth-order valence-electron chi connectivity index (χ4n) is 1.47. The second kappa shape index (κ2) is 6.74. The van der Waals surface area contributed by atoms with Crippen molar-refractivity contribution in [3.63, 3.8) is 0 Å². The van der Waals surface area contributed by atoms with Crippen LogP contribution < -0.4 is 4.74 Å². The van der Waals surface area contributed by atoms with Crippen molar-refractivity contribution in [3.8, 4) is 5.75 Å². The number of aromatic nitrogens is 2. The van der Waals surface area contributed by atoms with Crippen LogP contribution in [0.2, 0.25) is 0 Å². The van der Waals surface area contributed by atoms with Gasteiger partial charge in [-0.05, 0) is 33.8 Å². The van der Waals surface area contributed by atoms with Crippen molar-refractivity contribution in [2.75, 3.05) is 0 Å². The summed E-state index contributed by atoms with van der Waals surface area (Å²) < 4.78 is 5.69. The highest BCUT2D eigenvalue weighted by molar-refractivity contribution is 5.83. The Labute approximate surface area is 109 Å². The first-order chi connectivity index (χ1) is 8.58. The Bertz CT molecular complexity index is 521. The van der Waals surface area contributed by atoms with Crippen LogP contribution in [0.25, 0.3) is 10.9 Å². The van der Waals surface area contributed by atoms with Gasteiger partial charge in [0.25, 0.3) is 0 Å². The van der Waals surface area contributed by atoms with Crippen LogP contribution >= 0.6 is 0 Å². The van der Waals surface area contributed by atoms with Crippen LogP contribution in [0.4, 0.5) is 0 Å². The number of hydrogen-bond acceptors (Lipinski definition) is 3. The number of aryl methyl sites for hydroxylation is 1. The van der Waals surface area contributed by atoms with Crippen molar-refractivity contribution >= 4 is 10.9 Å². The molecule has 0 atom stereocenters. The number of allylic oxidation sites excluding steroid dienone is 1. The van der Waals surface area contributed by atoms with E-state index in [1.54, 1.807) is 6.08 Å². The summed E-state index contributed by atoms with van der Waals surface area (Å²) in [6, 6.07) is 5.88. The number of ether oxygens (including phenoxy) is 1. The molecule has 96 valence electrons. The maximum Gasteiger partial charge on any atom is 0.146 e. The maximum absolute atomic E-state index is 5.69. The first-order valence-electron chi connectivity index (χ1n) is 6.04. The summed E-state index contributed by atoms with van der Waals surface area (Å²) in [6.07, 6.45) is 3.73. The lowest BCUT2D eigenvalue weighted by Gasteiger charge is -2.11. The van der Waals surface area contributed by atoms with Gasteiger partial charge in [-0.2, -0.15) is 0 Å². The van der Waals surface area contributed by atoms with Crippen molar-refractivity contribution < 1.29 is 4.74 Å². The van der Waals surface area contributed by atoms with E-state index in [-0.39, 0.29) is 6.10 Å². The van der Waals surface area contributed by atoms with Crippen molar-refractivity contribution in [1.82, 2.24) is 9.97 Å². The molecule has 0 aliphatic rings. The third kappa shape index (κ3) is 3.84. The predicted octanol–water partition coefficient (Wildman–Crippen LogP) is 3.92. The number of hydrogen-bond donors (Lipinski definition) is 0. The molecule has 18 heavy (non-hydrogen) atoms. The Balaban J connectivity index is 0.000000492. The predicted molar refractivity (Wildman–Crippen MR) is 75.9 cm³/mol. The molecule has 0 N–H and O–H groups in total. The molecule has 0 spiro atoms. The summed E-state index contributed by atoms with van der Waals surface area (Å²) in [5.41, 5.74) is 0.888. The Morgan fingerprint density at radius 3 is 2.61 bits per heavy atom. The van der Waals surface area contributed by atoms with E-state index in [0.717, 1.165) is 22.5 Å². The molecule has 0 radical (unpaired) electrons. The van der Waals surface area contributed by atoms with E-state index < -0.39 is 0 Å². The SMILES string of the molecule is C=CC.Cc1ncc2cccc(OC(C)C)c2n1. The monoisotopic (exact) mass is 244 g/mol. The standard InChI is InChI=1S/C12H14N2O.C3H6/c1-8(2)15-11-6-4-5-10-7-13-9(3)14-12(10)11;1-3-2/h4-8H,1-3H3;3H,1H2,2H3. The molecule has 3 nitrogen and oxygen atoms in total. The fourth-order valence-corrected chi connectivity index (χ4v) is 1.47. The van der Waals surface area contributed by atoms with E-state index in [1.165, 1.54) is 0 Å². The van der Waals surface area contributed by atoms with E-state index in [4.69, 9.17) is 4.74 Å². The molecule has 3 heteroatoms. The van der Waals surface area contributed by atoms with Gasteiger partial charge in [0.1, 0.15) is 17.1 Å². The molecule has 0 saturated heterocycles. The highest BCUT2D eigenvalue weighted by atomic mass is 16.5. The Hall–Kier alpha value is -1.90. The molecule has 2 aromatic rings. The lowest BCUT2D eigenvalue weighted by atomic mass is 10.2. The summed E-state index contributed by atoms with van der Waals surface area (Å²) >= 11 is 0. The zero-order valence-electron chi connectivity index (χ0n) is 11.5. The van der Waals surface area contributed by atoms with Gasteiger partial charge in [0.15, 0.2) is 0 Å². The minimum atomic E-state index is 0.158. The quantitative estimate of drug-likeness (QED) is 0.751. The second-order valence-corrected chi connectivity index (χ2v) is 4.19. The van der Waals surface area contributed by atoms with Crippen LogP contribution in [0.1, 0.15) is 26.6 Å². The van der Waals surface area contributed by atoms with Gasteiger partial charge < -0.3 is 4.74 Å². The highest BCUT2D eigenvalue weighted by Gasteiger charge is 2.05. The molecular formula is C15H20N2O. The van der Waals surface area contributed by atoms with Crippen LogP contribution in [0.5, 0.6) is 5.75 Å². The van der Waals surface area contributed by atoms with E-state index in [2.05, 4.69) is 16.5 Å². The Kier molecular flexibility index (Phi) is 5.31. The molecule has 0 saturated carbocycles. The molecule has 0 amide bonds. The summed E-state index contributed by atoms with van der Waals surface area (Å²) in [7, 11) is 0. The van der Waals surface area contributed by atoms with Crippen LogP contribution in [-0.4, -0.2) is 16.1 Å². The summed E-state index contributed by atoms with van der Waals surface area (Å²) in [4.78, 5) is 8.55. The number of rotatable bonds is 2. The maximum atomic E-state index is 5.69. The third-order valence-electron chi connectivity index (χ3n) is 2.06. The molecule has 0 unspecified atom stereocenters. The van der Waals surface area contributed by atoms with Gasteiger partial charge in [0, 0.05) is 11.6 Å². The van der Waals surface area contributed by atoms with Gasteiger partial charge in [-0.3, -0.25) is 0 Å². The average molecular weight is 244 g/mol. The van der Waals surface area contributed by atoms with E-state index in [1.807, 2.05) is 52.1 Å². The van der Waals surface area contributed by atoms with E-state index >= 15 is 0 Å². The number of para-hydroxylation sites is 1. The number of benzene rings is 1. The zero-order valence-corrected chi connectivity index (χ0v) is 11.5. The van der Waals surface area contributed by atoms with Crippen molar-refractivity contribution in [3.05, 3.63) is 42.9 Å². The molecule has 0 aliphatic heterocycles. The minimum Gasteiger partial charge on any atom is -0.489 e. The van der Waals surface area contributed by atoms with Crippen LogP contribution in [0.3, 0.4) is 0 Å². The summed E-state index contributed by atoms with van der Waals surface area (Å²) in [5, 5.41) is 1.01. The van der Waals surface area contributed by atoms with Crippen molar-refractivity contribution in [1.29, 1.82) is 0 Å². The first-order valence-corrected chi connectivity index (χ1v) is 6.04. The average Bonchev–Trinajstić information content (AvgIpc) is 2.30. The van der Waals surface area contributed by atoms with Gasteiger partial charge in [-0.25, -0.2) is 9.97 Å². The van der Waals surface area contributed by atoms with Crippen LogP contribution in [-0.2, 0) is 0 Å². The number of nitrogens with zero attached hydrogens (tertiary/aromatic N) is 2. The molecule has 1 heterocycles. The van der Waals surface area contributed by atoms with Gasteiger partial charge in [0.05, 0.1) is 6.10 Å². The number of fused-ring (bicyclic) bond motifs is 1. The van der Waals surface area contributed by atoms with Gasteiger partial charge in [-0.15, -0.1) is 6.58 Å². The third-order valence-corrected chi connectivity index (χ3v) is 2.06. The smallest absolute Gasteiger partial charge is 0.146 e. The Morgan fingerprint density at radius 2 is 2.00 bits per heavy atom. The van der Waals surface area contributed by atoms with E-state index in [0.29, 0.717) is 0 Å². The highest BCUT2D eigenvalue weighted by Crippen LogP contribution is 2.23. The second-order valence-electron chi connectivity index (χ2n) is 4.19. The molecule has 1 aromatic heterocycles. The van der Waals surface area contributed by atoms with Crippen molar-refractivity contribution in [2.24, 2.45) is 0 Å². The minimum absolute atomic E-state index is 0.158. The Morgan fingerprint density at radius 1 is 1.33 bits per heavy atom. The normalized spacial score (nSPS) is 9.83. The molecule has 2 rings (SSSR count). The summed E-state index contributed by atoms with van der Waals surface area (Å²) in [5.74, 6) is 1.59. The molecular weight excluding hydrogens is 224 g/mol. The van der Waals surface area contributed by atoms with Crippen LogP contribution in [0, 0.1) is 6.92 Å². The largest absolute Gasteiger partial charge is 0.489 e. The molecule has 0 bridgehead atoms. The van der Waals surface area contributed by atoms with Gasteiger partial charge in [0.2, 0.25) is 0 Å². The lowest BCUT2D eigenvalue weighted by molar-refractivity contribution is 0.245. The molecule has 1 aromatic carbocycles. The fraction of sp³-hybridized carbons (Fsp3) is 0.333. The lowest BCUT2D eigenvalue weighted by Crippen LogP contribution is -2.06. The van der Waals surface area contributed by atoms with Gasteiger partial charge >= 0.3 is 0 Å². The van der Waals surface area contributed by atoms with Crippen LogP contribution in [0.15, 0.2) is 37.1 Å². The summed E-state index contributed by atoms with van der Waals surface area (Å²) in [6.45, 7) is 11.1. The molecule has 0 fully saturated rings. The van der Waals surface area contributed by atoms with Crippen molar-refractivity contribution in [2.45, 2.75) is 33.8 Å². The van der Waals surface area contributed by atoms with E-state index in [9.17, 15) is 0 Å². The van der Waals surface area contributed by atoms with Gasteiger partial charge in [-0.1, -0.05) is 18.2 Å². The first kappa shape index (κ1) is 14.2. The molecule has 0 aliphatic carbocycles. The topological polar surface area (TPSA) is 35.0 Å². The zero-order chi connectivity index (χ0) is 13.5.